The highest BCUT2D eigenvalue weighted by molar-refractivity contribution is 6.00. The molecule has 0 aliphatic carbocycles. The highest BCUT2D eigenvalue weighted by Gasteiger charge is 2.15. The molecule has 5 aromatic rings. The Kier molecular flexibility index (Phi) is 6.40. The summed E-state index contributed by atoms with van der Waals surface area (Å²) in [4.78, 5) is 28.2. The van der Waals surface area contributed by atoms with E-state index >= 15 is 0 Å². The Morgan fingerprint density at radius 2 is 1.92 bits per heavy atom. The number of pyridine rings is 3. The molecule has 0 radical (unpaired) electrons. The summed E-state index contributed by atoms with van der Waals surface area (Å²) in [6.45, 7) is 3.79. The van der Waals surface area contributed by atoms with Crippen molar-refractivity contribution < 1.29 is 14.3 Å². The number of hydrogen-bond donors (Lipinski definition) is 2. The number of rotatable bonds is 8. The van der Waals surface area contributed by atoms with E-state index in [9.17, 15) is 4.79 Å². The molecule has 8 nitrogen and oxygen atoms in total. The molecule has 36 heavy (non-hydrogen) atoms. The molecule has 8 heteroatoms. The van der Waals surface area contributed by atoms with Crippen molar-refractivity contribution in [2.75, 3.05) is 12.4 Å². The first-order valence-electron chi connectivity index (χ1n) is 11.2. The van der Waals surface area contributed by atoms with Gasteiger partial charge in [0.25, 0.3) is 0 Å². The molecule has 4 aromatic heterocycles. The lowest BCUT2D eigenvalue weighted by Crippen LogP contribution is -2.06. The molecule has 0 bridgehead atoms. The van der Waals surface area contributed by atoms with Gasteiger partial charge in [0.2, 0.25) is 17.7 Å². The Hall–Kier alpha value is -4.98. The summed E-state index contributed by atoms with van der Waals surface area (Å²) in [6, 6.07) is 17.1. The Bertz CT molecular complexity index is 1550. The van der Waals surface area contributed by atoms with Crippen LogP contribution in [-0.2, 0) is 11.4 Å². The van der Waals surface area contributed by atoms with E-state index in [0.717, 1.165) is 38.9 Å². The molecule has 5 rings (SSSR count). The molecule has 1 aromatic carbocycles. The van der Waals surface area contributed by atoms with Gasteiger partial charge < -0.3 is 19.8 Å². The van der Waals surface area contributed by atoms with Gasteiger partial charge in [0, 0.05) is 64.7 Å². The predicted molar refractivity (Wildman–Crippen MR) is 139 cm³/mol. The monoisotopic (exact) mass is 477 g/mol. The van der Waals surface area contributed by atoms with E-state index in [4.69, 9.17) is 9.47 Å². The van der Waals surface area contributed by atoms with E-state index in [1.165, 1.54) is 6.08 Å². The molecule has 0 saturated carbocycles. The number of carbonyl (C=O) groups excluding carboxylic acids is 1. The number of ether oxygens (including phenoxy) is 2. The van der Waals surface area contributed by atoms with Gasteiger partial charge in [-0.3, -0.25) is 4.79 Å². The number of aromatic nitrogens is 4. The van der Waals surface area contributed by atoms with Gasteiger partial charge in [-0.1, -0.05) is 24.8 Å². The largest absolute Gasteiger partial charge is 0.481 e. The van der Waals surface area contributed by atoms with Crippen LogP contribution in [0.5, 0.6) is 11.8 Å². The SMILES string of the molecule is C=CC(=O)Nc1cccc(-c2cnc3[nH]cc(-c4cc(OC)ncc4COc4ccccn4)c3c2)c1. The van der Waals surface area contributed by atoms with Gasteiger partial charge in [-0.25, -0.2) is 15.0 Å². The molecule has 0 aliphatic heterocycles. The van der Waals surface area contributed by atoms with Gasteiger partial charge >= 0.3 is 0 Å². The molecular formula is C28H23N5O3. The third-order valence-electron chi connectivity index (χ3n) is 5.65. The van der Waals surface area contributed by atoms with Crippen molar-refractivity contribution in [2.45, 2.75) is 6.61 Å². The molecule has 0 fully saturated rings. The van der Waals surface area contributed by atoms with Gasteiger partial charge in [0.1, 0.15) is 12.3 Å². The molecule has 4 heterocycles. The van der Waals surface area contributed by atoms with E-state index in [1.807, 2.05) is 54.7 Å². The van der Waals surface area contributed by atoms with Crippen LogP contribution < -0.4 is 14.8 Å². The van der Waals surface area contributed by atoms with Crippen LogP contribution in [0.3, 0.4) is 0 Å². The molecular weight excluding hydrogens is 454 g/mol. The highest BCUT2D eigenvalue weighted by Crippen LogP contribution is 2.35. The van der Waals surface area contributed by atoms with Crippen molar-refractivity contribution in [1.29, 1.82) is 0 Å². The van der Waals surface area contributed by atoms with E-state index in [-0.39, 0.29) is 12.5 Å². The average Bonchev–Trinajstić information content (AvgIpc) is 3.35. The molecule has 1 amide bonds. The smallest absolute Gasteiger partial charge is 0.247 e. The maximum Gasteiger partial charge on any atom is 0.247 e. The standard InChI is InChI=1S/C28H23N5O3/c1-3-25(34)33-21-8-6-7-18(11-21)19-12-23-24(16-32-28(23)31-14-19)22-13-27(35-2)30-15-20(22)17-36-26-9-4-5-10-29-26/h3-16H,1,17H2,2H3,(H,31,32)(H,33,34). The lowest BCUT2D eigenvalue weighted by atomic mass is 9.99. The fraction of sp³-hybridized carbons (Fsp3) is 0.0714. The van der Waals surface area contributed by atoms with Crippen LogP contribution in [0.25, 0.3) is 33.3 Å². The number of H-pyrrole nitrogens is 1. The number of carbonyl (C=O) groups is 1. The maximum absolute atomic E-state index is 11.7. The second kappa shape index (κ2) is 10.1. The van der Waals surface area contributed by atoms with E-state index < -0.39 is 0 Å². The molecule has 2 N–H and O–H groups in total. The summed E-state index contributed by atoms with van der Waals surface area (Å²) in [7, 11) is 1.59. The zero-order valence-electron chi connectivity index (χ0n) is 19.6. The Labute approximate surface area is 207 Å². The van der Waals surface area contributed by atoms with Crippen molar-refractivity contribution in [3.63, 3.8) is 0 Å². The summed E-state index contributed by atoms with van der Waals surface area (Å²) >= 11 is 0. The Balaban J connectivity index is 1.54. The van der Waals surface area contributed by atoms with Crippen LogP contribution >= 0.6 is 0 Å². The summed E-state index contributed by atoms with van der Waals surface area (Å²) in [5, 5.41) is 3.73. The Morgan fingerprint density at radius 3 is 2.72 bits per heavy atom. The van der Waals surface area contributed by atoms with Gasteiger partial charge in [-0.15, -0.1) is 0 Å². The number of anilines is 1. The summed E-state index contributed by atoms with van der Waals surface area (Å²) < 4.78 is 11.3. The van der Waals surface area contributed by atoms with Crippen molar-refractivity contribution in [3.8, 4) is 34.0 Å². The Morgan fingerprint density at radius 1 is 1.00 bits per heavy atom. The normalized spacial score (nSPS) is 10.7. The molecule has 0 saturated heterocycles. The first kappa shape index (κ1) is 22.8. The molecule has 0 atom stereocenters. The third kappa shape index (κ3) is 4.78. The van der Waals surface area contributed by atoms with Gasteiger partial charge in [0.15, 0.2) is 0 Å². The minimum absolute atomic E-state index is 0.263. The topological polar surface area (TPSA) is 102 Å². The number of amides is 1. The zero-order valence-corrected chi connectivity index (χ0v) is 19.6. The van der Waals surface area contributed by atoms with Gasteiger partial charge in [-0.05, 0) is 41.5 Å². The van der Waals surface area contributed by atoms with Crippen LogP contribution in [0.4, 0.5) is 5.69 Å². The van der Waals surface area contributed by atoms with Crippen LogP contribution in [-0.4, -0.2) is 33.0 Å². The molecule has 0 unspecified atom stereocenters. The van der Waals surface area contributed by atoms with Gasteiger partial charge in [0.05, 0.1) is 7.11 Å². The lowest BCUT2D eigenvalue weighted by Gasteiger charge is -2.12. The molecule has 0 aliphatic rings. The number of hydrogen-bond acceptors (Lipinski definition) is 6. The van der Waals surface area contributed by atoms with E-state index in [2.05, 4.69) is 37.9 Å². The number of fused-ring (bicyclic) bond motifs is 1. The summed E-state index contributed by atoms with van der Waals surface area (Å²) in [5.41, 5.74) is 5.99. The number of aromatic amines is 1. The van der Waals surface area contributed by atoms with E-state index in [1.54, 1.807) is 25.7 Å². The summed E-state index contributed by atoms with van der Waals surface area (Å²) in [6.07, 6.45) is 8.40. The summed E-state index contributed by atoms with van der Waals surface area (Å²) in [5.74, 6) is 0.766. The lowest BCUT2D eigenvalue weighted by molar-refractivity contribution is -0.111. The first-order valence-corrected chi connectivity index (χ1v) is 11.2. The predicted octanol–water partition coefficient (Wildman–Crippen LogP) is 5.40. The molecule has 178 valence electrons. The quantitative estimate of drug-likeness (QED) is 0.290. The van der Waals surface area contributed by atoms with Crippen molar-refractivity contribution in [2.24, 2.45) is 0 Å². The third-order valence-corrected chi connectivity index (χ3v) is 5.65. The fourth-order valence-corrected chi connectivity index (χ4v) is 3.88. The van der Waals surface area contributed by atoms with Crippen molar-refractivity contribution in [1.82, 2.24) is 19.9 Å². The minimum Gasteiger partial charge on any atom is -0.481 e. The van der Waals surface area contributed by atoms with Crippen LogP contribution in [0.1, 0.15) is 5.56 Å². The zero-order chi connectivity index (χ0) is 24.9. The van der Waals surface area contributed by atoms with Gasteiger partial charge in [-0.2, -0.15) is 0 Å². The van der Waals surface area contributed by atoms with Crippen LogP contribution in [0.2, 0.25) is 0 Å². The second-order valence-corrected chi connectivity index (χ2v) is 7.94. The number of nitrogens with one attached hydrogen (secondary N) is 2. The maximum atomic E-state index is 11.7. The number of methoxy groups -OCH3 is 1. The number of nitrogens with zero attached hydrogens (tertiary/aromatic N) is 3. The minimum atomic E-state index is -0.263. The van der Waals surface area contributed by atoms with Crippen LogP contribution in [0, 0.1) is 0 Å². The second-order valence-electron chi connectivity index (χ2n) is 7.94. The highest BCUT2D eigenvalue weighted by atomic mass is 16.5. The average molecular weight is 478 g/mol. The first-order chi connectivity index (χ1) is 17.6. The van der Waals surface area contributed by atoms with Crippen molar-refractivity contribution in [3.05, 3.63) is 97.6 Å². The van der Waals surface area contributed by atoms with E-state index in [0.29, 0.717) is 17.4 Å². The number of benzene rings is 1. The van der Waals surface area contributed by atoms with Crippen LogP contribution in [0.15, 0.2) is 92.0 Å². The molecule has 0 spiro atoms. The fourth-order valence-electron chi connectivity index (χ4n) is 3.88. The van der Waals surface area contributed by atoms with Crippen molar-refractivity contribution >= 4 is 22.6 Å².